The van der Waals surface area contributed by atoms with E-state index in [1.807, 2.05) is 0 Å². The Bertz CT molecular complexity index is 782. The van der Waals surface area contributed by atoms with Gasteiger partial charge in [-0.2, -0.15) is 0 Å². The summed E-state index contributed by atoms with van der Waals surface area (Å²) in [5, 5.41) is 8.93. The molecule has 0 spiro atoms. The van der Waals surface area contributed by atoms with Crippen molar-refractivity contribution >= 4 is 27.6 Å². The Labute approximate surface area is 120 Å². The van der Waals surface area contributed by atoms with Crippen molar-refractivity contribution in [2.75, 3.05) is 11.5 Å². The Morgan fingerprint density at radius 1 is 1.19 bits per heavy atom. The third kappa shape index (κ3) is 2.11. The van der Waals surface area contributed by atoms with Crippen LogP contribution < -0.4 is 0 Å². The lowest BCUT2D eigenvalue weighted by atomic mass is 10.1. The molecule has 2 heterocycles. The van der Waals surface area contributed by atoms with Crippen molar-refractivity contribution in [2.24, 2.45) is 0 Å². The van der Waals surface area contributed by atoms with Crippen molar-refractivity contribution < 1.29 is 27.9 Å². The van der Waals surface area contributed by atoms with Crippen molar-refractivity contribution in [3.05, 3.63) is 34.9 Å². The zero-order valence-electron chi connectivity index (χ0n) is 10.8. The molecule has 1 saturated heterocycles. The van der Waals surface area contributed by atoms with Gasteiger partial charge in [-0.3, -0.25) is 14.5 Å². The number of carbonyl (C=O) groups excluding carboxylic acids is 2. The maximum Gasteiger partial charge on any atom is 0.335 e. The van der Waals surface area contributed by atoms with E-state index in [4.69, 9.17) is 5.11 Å². The van der Waals surface area contributed by atoms with E-state index in [0.29, 0.717) is 0 Å². The zero-order chi connectivity index (χ0) is 15.4. The van der Waals surface area contributed by atoms with Crippen LogP contribution in [-0.4, -0.2) is 53.8 Å². The van der Waals surface area contributed by atoms with Crippen LogP contribution in [0.15, 0.2) is 18.2 Å². The lowest BCUT2D eigenvalue weighted by Gasteiger charge is -2.20. The highest BCUT2D eigenvalue weighted by Crippen LogP contribution is 2.29. The summed E-state index contributed by atoms with van der Waals surface area (Å²) >= 11 is 0. The number of carboxylic acids is 1. The lowest BCUT2D eigenvalue weighted by Crippen LogP contribution is -2.40. The van der Waals surface area contributed by atoms with Crippen LogP contribution in [0.25, 0.3) is 0 Å². The van der Waals surface area contributed by atoms with Crippen LogP contribution in [0.3, 0.4) is 0 Å². The van der Waals surface area contributed by atoms with Crippen LogP contribution in [0.4, 0.5) is 0 Å². The number of rotatable bonds is 2. The summed E-state index contributed by atoms with van der Waals surface area (Å²) in [6.45, 7) is 0. The van der Waals surface area contributed by atoms with E-state index in [2.05, 4.69) is 0 Å². The molecule has 110 valence electrons. The Morgan fingerprint density at radius 2 is 1.86 bits per heavy atom. The van der Waals surface area contributed by atoms with Crippen molar-refractivity contribution in [1.82, 2.24) is 4.90 Å². The first-order valence-electron chi connectivity index (χ1n) is 6.26. The standard InChI is InChI=1S/C13H11NO6S/c15-11-9-2-1-7(13(17)18)5-10(9)12(16)14(11)8-3-4-21(19,20)6-8/h1-2,5,8H,3-4,6H2,(H,17,18)/t8-/m0/s1. The average Bonchev–Trinajstić information content (AvgIpc) is 2.88. The van der Waals surface area contributed by atoms with Crippen LogP contribution in [0.1, 0.15) is 37.5 Å². The Balaban J connectivity index is 1.99. The number of fused-ring (bicyclic) bond motifs is 1. The predicted octanol–water partition coefficient (Wildman–Crippen LogP) is 0.168. The second-order valence-corrected chi connectivity index (χ2v) is 7.33. The predicted molar refractivity (Wildman–Crippen MR) is 71.0 cm³/mol. The van der Waals surface area contributed by atoms with Gasteiger partial charge in [0.1, 0.15) is 0 Å². The highest BCUT2D eigenvalue weighted by molar-refractivity contribution is 7.91. The van der Waals surface area contributed by atoms with Gasteiger partial charge in [-0.15, -0.1) is 0 Å². The second kappa shape index (κ2) is 4.39. The maximum atomic E-state index is 12.3. The quantitative estimate of drug-likeness (QED) is 0.780. The molecular weight excluding hydrogens is 298 g/mol. The molecule has 2 aliphatic heterocycles. The molecule has 8 heteroatoms. The van der Waals surface area contributed by atoms with E-state index >= 15 is 0 Å². The molecule has 1 atom stereocenters. The maximum absolute atomic E-state index is 12.3. The molecule has 3 rings (SSSR count). The van der Waals surface area contributed by atoms with Gasteiger partial charge in [0, 0.05) is 0 Å². The number of carboxylic acid groups (broad SMARTS) is 1. The van der Waals surface area contributed by atoms with Gasteiger partial charge in [-0.05, 0) is 24.6 Å². The average molecular weight is 309 g/mol. The molecular formula is C13H11NO6S. The molecule has 0 aromatic heterocycles. The van der Waals surface area contributed by atoms with Crippen LogP contribution in [0.2, 0.25) is 0 Å². The highest BCUT2D eigenvalue weighted by Gasteiger charge is 2.44. The number of carbonyl (C=O) groups is 3. The highest BCUT2D eigenvalue weighted by atomic mass is 32.2. The molecule has 1 fully saturated rings. The molecule has 1 aromatic carbocycles. The van der Waals surface area contributed by atoms with Crippen molar-refractivity contribution in [1.29, 1.82) is 0 Å². The molecule has 0 radical (unpaired) electrons. The minimum Gasteiger partial charge on any atom is -0.478 e. The van der Waals surface area contributed by atoms with Crippen molar-refractivity contribution in [2.45, 2.75) is 12.5 Å². The van der Waals surface area contributed by atoms with Gasteiger partial charge in [0.05, 0.1) is 34.2 Å². The number of sulfone groups is 1. The topological polar surface area (TPSA) is 109 Å². The van der Waals surface area contributed by atoms with Crippen LogP contribution in [-0.2, 0) is 9.84 Å². The summed E-state index contributed by atoms with van der Waals surface area (Å²) in [6.07, 6.45) is 0.222. The Kier molecular flexibility index (Phi) is 2.87. The number of nitrogens with zero attached hydrogens (tertiary/aromatic N) is 1. The number of benzene rings is 1. The van der Waals surface area contributed by atoms with E-state index in [-0.39, 0.29) is 34.6 Å². The van der Waals surface area contributed by atoms with Gasteiger partial charge in [0.15, 0.2) is 9.84 Å². The summed E-state index contributed by atoms with van der Waals surface area (Å²) in [5.74, 6) is -2.66. The van der Waals surface area contributed by atoms with E-state index in [1.165, 1.54) is 12.1 Å². The van der Waals surface area contributed by atoms with E-state index in [9.17, 15) is 22.8 Å². The summed E-state index contributed by atoms with van der Waals surface area (Å²) in [7, 11) is -3.23. The van der Waals surface area contributed by atoms with Gasteiger partial charge in [-0.25, -0.2) is 13.2 Å². The van der Waals surface area contributed by atoms with Gasteiger partial charge in [0.25, 0.3) is 11.8 Å². The Morgan fingerprint density at radius 3 is 2.43 bits per heavy atom. The smallest absolute Gasteiger partial charge is 0.335 e. The normalized spacial score (nSPS) is 23.4. The van der Waals surface area contributed by atoms with Crippen LogP contribution >= 0.6 is 0 Å². The monoisotopic (exact) mass is 309 g/mol. The second-order valence-electron chi connectivity index (χ2n) is 5.10. The van der Waals surface area contributed by atoms with Gasteiger partial charge >= 0.3 is 5.97 Å². The van der Waals surface area contributed by atoms with Crippen LogP contribution in [0.5, 0.6) is 0 Å². The first-order valence-corrected chi connectivity index (χ1v) is 8.08. The summed E-state index contributed by atoms with van der Waals surface area (Å²) in [4.78, 5) is 36.4. The van der Waals surface area contributed by atoms with Crippen molar-refractivity contribution in [3.8, 4) is 0 Å². The number of amides is 2. The third-order valence-electron chi connectivity index (χ3n) is 3.74. The largest absolute Gasteiger partial charge is 0.478 e. The van der Waals surface area contributed by atoms with Crippen molar-refractivity contribution in [3.63, 3.8) is 0 Å². The first kappa shape index (κ1) is 13.7. The number of hydrogen-bond acceptors (Lipinski definition) is 5. The summed E-state index contributed by atoms with van der Waals surface area (Å²) in [6, 6.07) is 3.03. The fourth-order valence-corrected chi connectivity index (χ4v) is 4.40. The molecule has 0 aliphatic carbocycles. The summed E-state index contributed by atoms with van der Waals surface area (Å²) < 4.78 is 23.0. The minimum atomic E-state index is -3.23. The number of aromatic carboxylic acids is 1. The number of hydrogen-bond donors (Lipinski definition) is 1. The fourth-order valence-electron chi connectivity index (χ4n) is 2.70. The minimum absolute atomic E-state index is 0.0178. The molecule has 1 N–H and O–H groups in total. The molecule has 0 saturated carbocycles. The third-order valence-corrected chi connectivity index (χ3v) is 5.49. The molecule has 21 heavy (non-hydrogen) atoms. The molecule has 0 unspecified atom stereocenters. The molecule has 2 aliphatic rings. The zero-order valence-corrected chi connectivity index (χ0v) is 11.6. The molecule has 1 aromatic rings. The van der Waals surface area contributed by atoms with Gasteiger partial charge in [-0.1, -0.05) is 0 Å². The number of imide groups is 1. The molecule has 2 amide bonds. The van der Waals surface area contributed by atoms with Gasteiger partial charge < -0.3 is 5.11 Å². The molecule has 7 nitrogen and oxygen atoms in total. The molecule has 0 bridgehead atoms. The Hall–Kier alpha value is -2.22. The van der Waals surface area contributed by atoms with E-state index in [1.54, 1.807) is 0 Å². The lowest BCUT2D eigenvalue weighted by molar-refractivity contribution is 0.0600. The van der Waals surface area contributed by atoms with Gasteiger partial charge in [0.2, 0.25) is 0 Å². The SMILES string of the molecule is O=C(O)c1ccc2c(c1)C(=O)N([C@H]1CCS(=O)(=O)C1)C2=O. The summed E-state index contributed by atoms with van der Waals surface area (Å²) in [5.41, 5.74) is 0.0503. The first-order chi connectivity index (χ1) is 9.80. The van der Waals surface area contributed by atoms with E-state index in [0.717, 1.165) is 11.0 Å². The van der Waals surface area contributed by atoms with E-state index < -0.39 is 33.7 Å². The van der Waals surface area contributed by atoms with Crippen LogP contribution in [0, 0.1) is 0 Å². The fraction of sp³-hybridized carbons (Fsp3) is 0.308.